The van der Waals surface area contributed by atoms with Gasteiger partial charge in [-0.15, -0.1) is 6.58 Å². The Kier molecular flexibility index (Phi) is 6.73. The minimum absolute atomic E-state index is 0.226. The van der Waals surface area contributed by atoms with Crippen molar-refractivity contribution in [2.45, 2.75) is 12.8 Å². The van der Waals surface area contributed by atoms with Gasteiger partial charge in [0.15, 0.2) is 0 Å². The van der Waals surface area contributed by atoms with E-state index in [0.29, 0.717) is 13.2 Å². The van der Waals surface area contributed by atoms with E-state index in [-0.39, 0.29) is 12.4 Å². The Morgan fingerprint density at radius 2 is 2.27 bits per heavy atom. The lowest BCUT2D eigenvalue weighted by atomic mass is 10.4. The van der Waals surface area contributed by atoms with Crippen molar-refractivity contribution in [3.63, 3.8) is 0 Å². The monoisotopic (exact) mass is 158 g/mol. The molecule has 0 aliphatic heterocycles. The van der Waals surface area contributed by atoms with E-state index in [1.54, 1.807) is 7.11 Å². The molecule has 0 bridgehead atoms. The largest absolute Gasteiger partial charge is 0.465 e. The van der Waals surface area contributed by atoms with Crippen molar-refractivity contribution in [3.8, 4) is 0 Å². The van der Waals surface area contributed by atoms with E-state index in [9.17, 15) is 4.79 Å². The molecular weight excluding hydrogens is 144 g/mol. The van der Waals surface area contributed by atoms with Gasteiger partial charge in [0.2, 0.25) is 0 Å². The zero-order chi connectivity index (χ0) is 8.53. The molecule has 0 fully saturated rings. The van der Waals surface area contributed by atoms with Gasteiger partial charge in [-0.2, -0.15) is 0 Å². The van der Waals surface area contributed by atoms with Crippen molar-refractivity contribution in [3.05, 3.63) is 12.7 Å². The number of hydrogen-bond acceptors (Lipinski definition) is 3. The fraction of sp³-hybridized carbons (Fsp3) is 0.625. The minimum atomic E-state index is -0.226. The zero-order valence-corrected chi connectivity index (χ0v) is 6.84. The summed E-state index contributed by atoms with van der Waals surface area (Å²) in [5, 5.41) is 0. The first-order chi connectivity index (χ1) is 5.31. The van der Waals surface area contributed by atoms with Crippen LogP contribution in [-0.4, -0.2) is 26.3 Å². The molecule has 64 valence electrons. The smallest absolute Gasteiger partial charge is 0.309 e. The lowest BCUT2D eigenvalue weighted by molar-refractivity contribution is -0.142. The van der Waals surface area contributed by atoms with Crippen molar-refractivity contribution in [1.82, 2.24) is 0 Å². The van der Waals surface area contributed by atoms with Crippen molar-refractivity contribution in [2.24, 2.45) is 0 Å². The van der Waals surface area contributed by atoms with Crippen LogP contribution in [0.4, 0.5) is 0 Å². The number of rotatable bonds is 6. The van der Waals surface area contributed by atoms with E-state index >= 15 is 0 Å². The minimum Gasteiger partial charge on any atom is -0.465 e. The molecule has 0 aliphatic rings. The second kappa shape index (κ2) is 7.28. The SMILES string of the molecule is C=CCC(=O)OCCCOC. The summed E-state index contributed by atoms with van der Waals surface area (Å²) in [6.45, 7) is 4.48. The molecule has 0 aromatic heterocycles. The molecule has 0 saturated heterocycles. The van der Waals surface area contributed by atoms with Crippen molar-refractivity contribution < 1.29 is 14.3 Å². The molecule has 3 heteroatoms. The average molecular weight is 158 g/mol. The predicted octanol–water partition coefficient (Wildman–Crippen LogP) is 1.14. The summed E-state index contributed by atoms with van der Waals surface area (Å²) < 4.78 is 9.57. The van der Waals surface area contributed by atoms with E-state index in [2.05, 4.69) is 6.58 Å². The van der Waals surface area contributed by atoms with Crippen LogP contribution >= 0.6 is 0 Å². The third-order valence-electron chi connectivity index (χ3n) is 1.07. The number of carbonyl (C=O) groups excluding carboxylic acids is 1. The molecule has 0 aliphatic carbocycles. The number of carbonyl (C=O) groups is 1. The van der Waals surface area contributed by atoms with Gasteiger partial charge in [0.05, 0.1) is 13.0 Å². The van der Waals surface area contributed by atoms with Crippen molar-refractivity contribution in [1.29, 1.82) is 0 Å². The van der Waals surface area contributed by atoms with E-state index in [1.165, 1.54) is 6.08 Å². The van der Waals surface area contributed by atoms with Crippen molar-refractivity contribution in [2.75, 3.05) is 20.3 Å². The molecule has 0 aromatic carbocycles. The first-order valence-electron chi connectivity index (χ1n) is 3.56. The molecule has 0 N–H and O–H groups in total. The second-order valence-electron chi connectivity index (χ2n) is 2.06. The van der Waals surface area contributed by atoms with Crippen LogP contribution < -0.4 is 0 Å². The number of ether oxygens (including phenoxy) is 2. The van der Waals surface area contributed by atoms with Crippen LogP contribution in [0.1, 0.15) is 12.8 Å². The lowest BCUT2D eigenvalue weighted by Crippen LogP contribution is -2.05. The highest BCUT2D eigenvalue weighted by molar-refractivity contribution is 5.70. The fourth-order valence-corrected chi connectivity index (χ4v) is 0.566. The molecule has 3 nitrogen and oxygen atoms in total. The Labute approximate surface area is 67.0 Å². The first-order valence-corrected chi connectivity index (χ1v) is 3.56. The van der Waals surface area contributed by atoms with Crippen LogP contribution in [0.2, 0.25) is 0 Å². The highest BCUT2D eigenvalue weighted by atomic mass is 16.5. The van der Waals surface area contributed by atoms with Crippen LogP contribution in [-0.2, 0) is 14.3 Å². The quantitative estimate of drug-likeness (QED) is 0.330. The molecule has 0 radical (unpaired) electrons. The lowest BCUT2D eigenvalue weighted by Gasteiger charge is -2.01. The molecule has 0 rings (SSSR count). The van der Waals surface area contributed by atoms with Crippen molar-refractivity contribution >= 4 is 5.97 Å². The van der Waals surface area contributed by atoms with E-state index in [4.69, 9.17) is 9.47 Å². The summed E-state index contributed by atoms with van der Waals surface area (Å²) in [4.78, 5) is 10.7. The van der Waals surface area contributed by atoms with Gasteiger partial charge in [-0.05, 0) is 0 Å². The normalized spacial score (nSPS) is 9.18. The summed E-state index contributed by atoms with van der Waals surface area (Å²) in [5.41, 5.74) is 0. The van der Waals surface area contributed by atoms with Gasteiger partial charge in [-0.25, -0.2) is 0 Å². The standard InChI is InChI=1S/C8H14O3/c1-3-5-8(9)11-7-4-6-10-2/h3H,1,4-7H2,2H3. The van der Waals surface area contributed by atoms with E-state index in [0.717, 1.165) is 6.42 Å². The topological polar surface area (TPSA) is 35.5 Å². The molecule has 0 spiro atoms. The molecule has 0 heterocycles. The highest BCUT2D eigenvalue weighted by Gasteiger charge is 1.97. The summed E-state index contributed by atoms with van der Waals surface area (Å²) in [7, 11) is 1.62. The van der Waals surface area contributed by atoms with Crippen LogP contribution in [0.15, 0.2) is 12.7 Å². The van der Waals surface area contributed by atoms with Crippen LogP contribution in [0.25, 0.3) is 0 Å². The maximum Gasteiger partial charge on any atom is 0.309 e. The van der Waals surface area contributed by atoms with Gasteiger partial charge >= 0.3 is 5.97 Å². The second-order valence-corrected chi connectivity index (χ2v) is 2.06. The number of hydrogen-bond donors (Lipinski definition) is 0. The maximum absolute atomic E-state index is 10.7. The third kappa shape index (κ3) is 7.06. The Balaban J connectivity index is 3.10. The van der Waals surface area contributed by atoms with Gasteiger partial charge < -0.3 is 9.47 Å². The first kappa shape index (κ1) is 10.2. The summed E-state index contributed by atoms with van der Waals surface area (Å²) in [6, 6.07) is 0. The van der Waals surface area contributed by atoms with Gasteiger partial charge in [0, 0.05) is 20.1 Å². The molecule has 11 heavy (non-hydrogen) atoms. The fourth-order valence-electron chi connectivity index (χ4n) is 0.566. The zero-order valence-electron chi connectivity index (χ0n) is 6.84. The average Bonchev–Trinajstić information content (AvgIpc) is 1.99. The molecule has 0 atom stereocenters. The molecule has 0 saturated carbocycles. The Morgan fingerprint density at radius 3 is 2.82 bits per heavy atom. The van der Waals surface area contributed by atoms with E-state index in [1.807, 2.05) is 0 Å². The molecule has 0 amide bonds. The van der Waals surface area contributed by atoms with Gasteiger partial charge in [-0.1, -0.05) is 6.08 Å². The summed E-state index contributed by atoms with van der Waals surface area (Å²) >= 11 is 0. The predicted molar refractivity (Wildman–Crippen MR) is 42.3 cm³/mol. The third-order valence-corrected chi connectivity index (χ3v) is 1.07. The summed E-state index contributed by atoms with van der Waals surface area (Å²) in [5.74, 6) is -0.226. The van der Waals surface area contributed by atoms with Crippen LogP contribution in [0, 0.1) is 0 Å². The molecular formula is C8H14O3. The van der Waals surface area contributed by atoms with Gasteiger partial charge in [0.25, 0.3) is 0 Å². The van der Waals surface area contributed by atoms with Crippen LogP contribution in [0.3, 0.4) is 0 Å². The Morgan fingerprint density at radius 1 is 1.55 bits per heavy atom. The van der Waals surface area contributed by atoms with E-state index < -0.39 is 0 Å². The van der Waals surface area contributed by atoms with Gasteiger partial charge in [0.1, 0.15) is 0 Å². The van der Waals surface area contributed by atoms with Gasteiger partial charge in [-0.3, -0.25) is 4.79 Å². The number of methoxy groups -OCH3 is 1. The van der Waals surface area contributed by atoms with Crippen LogP contribution in [0.5, 0.6) is 0 Å². The Hall–Kier alpha value is -0.830. The summed E-state index contributed by atoms with van der Waals surface area (Å²) in [6.07, 6.45) is 2.56. The number of esters is 1. The Bertz CT molecular complexity index is 121. The molecule has 0 unspecified atom stereocenters. The molecule has 0 aromatic rings. The highest BCUT2D eigenvalue weighted by Crippen LogP contribution is 1.89. The maximum atomic E-state index is 10.7.